The van der Waals surface area contributed by atoms with E-state index in [0.29, 0.717) is 5.56 Å². The monoisotopic (exact) mass is 324 g/mol. The highest BCUT2D eigenvalue weighted by Crippen LogP contribution is 2.21. The van der Waals surface area contributed by atoms with Crippen molar-refractivity contribution in [3.05, 3.63) is 63.0 Å². The molecule has 0 bridgehead atoms. The molecule has 118 valence electrons. The zero-order valence-electron chi connectivity index (χ0n) is 14.1. The topological polar surface area (TPSA) is 34.4 Å². The molecule has 0 spiro atoms. The van der Waals surface area contributed by atoms with Crippen molar-refractivity contribution >= 4 is 27.5 Å². The summed E-state index contributed by atoms with van der Waals surface area (Å²) in [6.07, 6.45) is 0. The molecule has 1 amide bonds. The van der Waals surface area contributed by atoms with E-state index in [1.54, 1.807) is 11.3 Å². The lowest BCUT2D eigenvalue weighted by molar-refractivity contribution is 0.0997. The lowest BCUT2D eigenvalue weighted by Crippen LogP contribution is -2.14. The lowest BCUT2D eigenvalue weighted by Gasteiger charge is -2.02. The van der Waals surface area contributed by atoms with Gasteiger partial charge in [0.05, 0.1) is 10.2 Å². The molecule has 1 heterocycles. The van der Waals surface area contributed by atoms with Crippen LogP contribution in [0.2, 0.25) is 0 Å². The van der Waals surface area contributed by atoms with Crippen molar-refractivity contribution in [2.24, 2.45) is 12.0 Å². The standard InChI is InChI=1S/C19H20N2OS/c1-11-6-7-12(2)15(8-11)18(22)20-19-21(5)16-9-13(3)14(4)10-17(16)23-19/h6-10H,1-5H3. The van der Waals surface area contributed by atoms with E-state index in [9.17, 15) is 4.79 Å². The fourth-order valence-electron chi connectivity index (χ4n) is 2.60. The molecule has 0 aliphatic carbocycles. The van der Waals surface area contributed by atoms with Gasteiger partial charge in [-0.05, 0) is 62.6 Å². The van der Waals surface area contributed by atoms with Crippen molar-refractivity contribution in [1.29, 1.82) is 0 Å². The Morgan fingerprint density at radius 1 is 1.00 bits per heavy atom. The number of aromatic nitrogens is 1. The molecular formula is C19H20N2OS. The van der Waals surface area contributed by atoms with Crippen molar-refractivity contribution in [1.82, 2.24) is 4.57 Å². The quantitative estimate of drug-likeness (QED) is 0.660. The van der Waals surface area contributed by atoms with Gasteiger partial charge in [-0.1, -0.05) is 29.0 Å². The molecule has 2 aromatic carbocycles. The van der Waals surface area contributed by atoms with Gasteiger partial charge < -0.3 is 4.57 Å². The number of nitrogens with zero attached hydrogens (tertiary/aromatic N) is 2. The van der Waals surface area contributed by atoms with Gasteiger partial charge in [0.2, 0.25) is 0 Å². The van der Waals surface area contributed by atoms with Crippen LogP contribution in [0.15, 0.2) is 35.3 Å². The first kappa shape index (κ1) is 15.7. The van der Waals surface area contributed by atoms with Gasteiger partial charge in [-0.15, -0.1) is 0 Å². The van der Waals surface area contributed by atoms with E-state index in [0.717, 1.165) is 26.1 Å². The van der Waals surface area contributed by atoms with Crippen LogP contribution < -0.4 is 4.80 Å². The summed E-state index contributed by atoms with van der Waals surface area (Å²) >= 11 is 1.56. The Labute approximate surface area is 139 Å². The van der Waals surface area contributed by atoms with E-state index < -0.39 is 0 Å². The Kier molecular flexibility index (Phi) is 3.94. The van der Waals surface area contributed by atoms with Gasteiger partial charge in [0.25, 0.3) is 5.91 Å². The smallest absolute Gasteiger partial charge is 0.279 e. The van der Waals surface area contributed by atoms with Crippen LogP contribution in [0.25, 0.3) is 10.2 Å². The summed E-state index contributed by atoms with van der Waals surface area (Å²) < 4.78 is 3.15. The molecule has 0 saturated heterocycles. The third-order valence-electron chi connectivity index (χ3n) is 4.25. The summed E-state index contributed by atoms with van der Waals surface area (Å²) in [5.41, 5.74) is 6.33. The second kappa shape index (κ2) is 5.78. The Balaban J connectivity index is 2.16. The molecule has 0 radical (unpaired) electrons. The van der Waals surface area contributed by atoms with Crippen LogP contribution in [0.5, 0.6) is 0 Å². The minimum atomic E-state index is -0.179. The number of hydrogen-bond donors (Lipinski definition) is 0. The third-order valence-corrected chi connectivity index (χ3v) is 5.34. The van der Waals surface area contributed by atoms with Crippen LogP contribution >= 0.6 is 11.3 Å². The molecule has 0 saturated carbocycles. The number of benzene rings is 2. The number of carbonyl (C=O) groups is 1. The largest absolute Gasteiger partial charge is 0.319 e. The van der Waals surface area contributed by atoms with Gasteiger partial charge >= 0.3 is 0 Å². The molecule has 3 aromatic rings. The number of carbonyl (C=O) groups excluding carboxylic acids is 1. The van der Waals surface area contributed by atoms with Crippen LogP contribution in [0.1, 0.15) is 32.6 Å². The lowest BCUT2D eigenvalue weighted by atomic mass is 10.1. The molecule has 0 N–H and O–H groups in total. The molecule has 3 rings (SSSR count). The highest BCUT2D eigenvalue weighted by atomic mass is 32.1. The number of amides is 1. The molecule has 0 fully saturated rings. The fraction of sp³-hybridized carbons (Fsp3) is 0.263. The average Bonchev–Trinajstić information content (AvgIpc) is 2.78. The average molecular weight is 324 g/mol. The highest BCUT2D eigenvalue weighted by molar-refractivity contribution is 7.16. The first-order valence-electron chi connectivity index (χ1n) is 7.60. The van der Waals surface area contributed by atoms with Crippen LogP contribution in [-0.2, 0) is 7.05 Å². The summed E-state index contributed by atoms with van der Waals surface area (Å²) in [7, 11) is 1.96. The van der Waals surface area contributed by atoms with E-state index in [4.69, 9.17) is 0 Å². The van der Waals surface area contributed by atoms with Gasteiger partial charge in [-0.2, -0.15) is 4.99 Å². The summed E-state index contributed by atoms with van der Waals surface area (Å²) in [6, 6.07) is 10.2. The number of aryl methyl sites for hydroxylation is 5. The van der Waals surface area contributed by atoms with E-state index in [1.807, 2.05) is 43.7 Å². The molecule has 0 atom stereocenters. The first-order chi connectivity index (χ1) is 10.9. The maximum atomic E-state index is 12.6. The van der Waals surface area contributed by atoms with Crippen molar-refractivity contribution in [3.8, 4) is 0 Å². The van der Waals surface area contributed by atoms with E-state index >= 15 is 0 Å². The zero-order chi connectivity index (χ0) is 16.7. The molecular weight excluding hydrogens is 304 g/mol. The van der Waals surface area contributed by atoms with Crippen LogP contribution in [0.3, 0.4) is 0 Å². The van der Waals surface area contributed by atoms with Crippen LogP contribution in [0, 0.1) is 27.7 Å². The minimum absolute atomic E-state index is 0.179. The summed E-state index contributed by atoms with van der Waals surface area (Å²) in [5.74, 6) is -0.179. The van der Waals surface area contributed by atoms with Gasteiger partial charge in [-0.3, -0.25) is 4.79 Å². The van der Waals surface area contributed by atoms with Gasteiger partial charge in [-0.25, -0.2) is 0 Å². The highest BCUT2D eigenvalue weighted by Gasteiger charge is 2.10. The van der Waals surface area contributed by atoms with Gasteiger partial charge in [0, 0.05) is 12.6 Å². The predicted molar refractivity (Wildman–Crippen MR) is 96.1 cm³/mol. The zero-order valence-corrected chi connectivity index (χ0v) is 14.9. The number of fused-ring (bicyclic) bond motifs is 1. The maximum absolute atomic E-state index is 12.6. The van der Waals surface area contributed by atoms with Gasteiger partial charge in [0.15, 0.2) is 4.80 Å². The normalized spacial score (nSPS) is 12.1. The number of rotatable bonds is 1. The number of thiazole rings is 1. The molecule has 4 heteroatoms. The third kappa shape index (κ3) is 2.86. The number of hydrogen-bond acceptors (Lipinski definition) is 2. The summed E-state index contributed by atoms with van der Waals surface area (Å²) in [6.45, 7) is 8.14. The van der Waals surface area contributed by atoms with Crippen molar-refractivity contribution in [2.45, 2.75) is 27.7 Å². The van der Waals surface area contributed by atoms with Crippen LogP contribution in [-0.4, -0.2) is 10.5 Å². The fourth-order valence-corrected chi connectivity index (χ4v) is 3.70. The second-order valence-electron chi connectivity index (χ2n) is 6.08. The van der Waals surface area contributed by atoms with Crippen molar-refractivity contribution < 1.29 is 4.79 Å². The van der Waals surface area contributed by atoms with Crippen LogP contribution in [0.4, 0.5) is 0 Å². The van der Waals surface area contributed by atoms with E-state index in [1.165, 1.54) is 11.1 Å². The molecule has 3 nitrogen and oxygen atoms in total. The summed E-state index contributed by atoms with van der Waals surface area (Å²) in [5, 5.41) is 0. The molecule has 0 unspecified atom stereocenters. The van der Waals surface area contributed by atoms with Gasteiger partial charge in [0.1, 0.15) is 0 Å². The Morgan fingerprint density at radius 3 is 2.43 bits per heavy atom. The van der Waals surface area contributed by atoms with E-state index in [2.05, 4.69) is 31.0 Å². The second-order valence-corrected chi connectivity index (χ2v) is 7.09. The SMILES string of the molecule is Cc1ccc(C)c(C(=O)N=c2sc3cc(C)c(C)cc3n2C)c1. The predicted octanol–water partition coefficient (Wildman–Crippen LogP) is 4.21. The summed E-state index contributed by atoms with van der Waals surface area (Å²) in [4.78, 5) is 17.7. The molecule has 0 aliphatic heterocycles. The Bertz CT molecular complexity index is 993. The Hall–Kier alpha value is -2.20. The minimum Gasteiger partial charge on any atom is -0.319 e. The molecule has 0 aliphatic rings. The molecule has 1 aromatic heterocycles. The Morgan fingerprint density at radius 2 is 1.70 bits per heavy atom. The van der Waals surface area contributed by atoms with Crippen molar-refractivity contribution in [2.75, 3.05) is 0 Å². The first-order valence-corrected chi connectivity index (χ1v) is 8.41. The van der Waals surface area contributed by atoms with Crippen molar-refractivity contribution in [3.63, 3.8) is 0 Å². The maximum Gasteiger partial charge on any atom is 0.279 e. The molecule has 23 heavy (non-hydrogen) atoms. The van der Waals surface area contributed by atoms with E-state index in [-0.39, 0.29) is 5.91 Å².